The van der Waals surface area contributed by atoms with Gasteiger partial charge in [-0.25, -0.2) is 4.79 Å². The zero-order chi connectivity index (χ0) is 75.7. The second kappa shape index (κ2) is 52.1. The van der Waals surface area contributed by atoms with Gasteiger partial charge in [0, 0.05) is 51.4 Å². The molecule has 0 fully saturated rings. The zero-order valence-corrected chi connectivity index (χ0v) is 57.5. The van der Waals surface area contributed by atoms with E-state index in [1.807, 2.05) is 0 Å². The molecule has 43 nitrogen and oxygen atoms in total. The van der Waals surface area contributed by atoms with Crippen LogP contribution in [0.5, 0.6) is 0 Å². The molecular weight excluding hydrogens is 1330 g/mol. The fraction of sp³-hybridized carbons (Fsp3) is 0.696. The van der Waals surface area contributed by atoms with E-state index in [2.05, 4.69) is 90.4 Å². The van der Waals surface area contributed by atoms with Crippen LogP contribution in [0.4, 0.5) is 0 Å². The van der Waals surface area contributed by atoms with E-state index < -0.39 is 138 Å². The van der Waals surface area contributed by atoms with Crippen LogP contribution >= 0.6 is 12.6 Å². The number of hydrogen-bond acceptors (Lipinski definition) is 21. The Kier molecular flexibility index (Phi) is 46.9. The monoisotopic (exact) mass is 1440 g/mol. The predicted octanol–water partition coefficient (Wildman–Crippen LogP) is -11.5. The molecule has 0 aromatic rings. The number of aliphatic imine (C=N–C) groups is 6. The summed E-state index contributed by atoms with van der Waals surface area (Å²) in [6.07, 6.45) is 0.0714. The molecule has 100 heavy (non-hydrogen) atoms. The SMILES string of the molecule is NCCCC[C@H](NC(=O)[C@H](CCCCN)NC(=O)[C@H](CCCN=C(N)N)NC(=O)[C@H](CCCN=C(N)N)NC(=O)[C@H](CCC(N)=O)NC(=O)[C@H](CCCN=C(N)N)NC(=O)[C@H](CCCN=C(N)N)NC(=O)[C@@H](N)CCCN=C(N)N)C(=O)N[C@@H](CCCN=C(N)N)C(=O)N[C@@H](CS)C(=O)O. The highest BCUT2D eigenvalue weighted by molar-refractivity contribution is 7.80. The lowest BCUT2D eigenvalue weighted by Crippen LogP contribution is -2.60. The molecule has 0 saturated carbocycles. The molecule has 0 aliphatic heterocycles. The van der Waals surface area contributed by atoms with Crippen LogP contribution in [0.2, 0.25) is 0 Å². The van der Waals surface area contributed by atoms with Crippen LogP contribution in [0.15, 0.2) is 30.0 Å². The number of hydrogen-bond donors (Lipinski definition) is 27. The summed E-state index contributed by atoms with van der Waals surface area (Å²) in [4.78, 5) is 176. The molecular formula is C56H111N31O12S. The summed E-state index contributed by atoms with van der Waals surface area (Å²) < 4.78 is 0. The van der Waals surface area contributed by atoms with Gasteiger partial charge in [0.25, 0.3) is 0 Å². The van der Waals surface area contributed by atoms with E-state index in [4.69, 9.17) is 91.7 Å². The predicted molar refractivity (Wildman–Crippen MR) is 381 cm³/mol. The Hall–Kier alpha value is -9.98. The van der Waals surface area contributed by atoms with Crippen molar-refractivity contribution >= 4 is 113 Å². The van der Waals surface area contributed by atoms with Crippen LogP contribution in [0.25, 0.3) is 0 Å². The Morgan fingerprint density at radius 3 is 0.690 bits per heavy atom. The number of carbonyl (C=O) groups excluding carboxylic acids is 10. The molecule has 0 aromatic heterocycles. The lowest BCUT2D eigenvalue weighted by atomic mass is 10.0. The molecule has 0 aromatic carbocycles. The van der Waals surface area contributed by atoms with Crippen LogP contribution < -0.4 is 140 Å². The Bertz CT molecular complexity index is 2770. The van der Waals surface area contributed by atoms with E-state index in [9.17, 15) is 57.8 Å². The molecule has 0 radical (unpaired) electrons. The third-order valence-electron chi connectivity index (χ3n) is 14.5. The fourth-order valence-electron chi connectivity index (χ4n) is 9.23. The normalized spacial score (nSPS) is 13.8. The van der Waals surface area contributed by atoms with Gasteiger partial charge in [-0.15, -0.1) is 0 Å². The number of rotatable bonds is 55. The maximum Gasteiger partial charge on any atom is 0.327 e. The molecule has 42 N–H and O–H groups in total. The highest BCUT2D eigenvalue weighted by Gasteiger charge is 2.36. The molecule has 10 amide bonds. The largest absolute Gasteiger partial charge is 0.480 e. The number of aliphatic carboxylic acids is 1. The van der Waals surface area contributed by atoms with Crippen molar-refractivity contribution in [3.8, 4) is 0 Å². The molecule has 0 aliphatic rings. The topological polar surface area (TPSA) is 807 Å². The Labute approximate surface area is 585 Å². The first-order chi connectivity index (χ1) is 47.3. The van der Waals surface area contributed by atoms with Gasteiger partial charge in [0.15, 0.2) is 35.8 Å². The number of primary amides is 1. The van der Waals surface area contributed by atoms with Gasteiger partial charge in [-0.2, -0.15) is 12.6 Å². The Balaban J connectivity index is 7.60. The fourth-order valence-corrected chi connectivity index (χ4v) is 9.48. The number of carboxylic acids is 1. The molecule has 0 spiro atoms. The van der Waals surface area contributed by atoms with Gasteiger partial charge in [0.05, 0.1) is 6.04 Å². The standard InChI is InChI=1S/C56H111N31O12S/c57-21-3-1-12-31(42(90)80-32(13-2-4-22-58)43(91)84-37(18-10-28-78-56(71)72)48(96)87-39(29-100)50(98)99)81-45(93)34(15-7-25-75-53(65)66)83-46(94)35(16-8-26-76-54(67)68)85-49(97)38(19-20-40(60)88)86-47(95)36(17-9-27-77-55(69)70)82-44(92)33(14-6-24-74-52(63)64)79-41(89)30(59)11-5-23-73-51(61)62/h30-39,100H,1-29,57-59H2,(H2,60,88)(H,79,89)(H,80,90)(H,81,93)(H,82,92)(H,83,94)(H,84,91)(H,85,97)(H,86,95)(H,87,96)(H,98,99)(H4,61,62,73)(H4,63,64,74)(H4,65,66,75)(H4,67,68,76)(H4,69,70,77)(H4,71,72,78)/t30-,31-,32-,33-,34-,35-,36-,37-,38-,39-/m0/s1. The minimum atomic E-state index is -1.69. The van der Waals surface area contributed by atoms with Crippen molar-refractivity contribution in [2.45, 2.75) is 189 Å². The van der Waals surface area contributed by atoms with Crippen molar-refractivity contribution in [1.82, 2.24) is 47.9 Å². The quantitative estimate of drug-likeness (QED) is 0.0116. The van der Waals surface area contributed by atoms with E-state index in [1.54, 1.807) is 0 Å². The summed E-state index contributed by atoms with van der Waals surface area (Å²) in [5.74, 6) is -12.5. The number of thiol groups is 1. The molecule has 0 aliphatic carbocycles. The van der Waals surface area contributed by atoms with Gasteiger partial charge < -0.3 is 145 Å². The average molecular weight is 1440 g/mol. The Morgan fingerprint density at radius 1 is 0.290 bits per heavy atom. The highest BCUT2D eigenvalue weighted by Crippen LogP contribution is 2.13. The Morgan fingerprint density at radius 2 is 0.490 bits per heavy atom. The molecule has 10 atom stereocenters. The summed E-state index contributed by atoms with van der Waals surface area (Å²) in [6.45, 7) is 0.374. The number of nitrogens with zero attached hydrogens (tertiary/aromatic N) is 6. The first-order valence-electron chi connectivity index (χ1n) is 32.6. The van der Waals surface area contributed by atoms with Crippen molar-refractivity contribution in [1.29, 1.82) is 0 Å². The summed E-state index contributed by atoms with van der Waals surface area (Å²) in [7, 11) is 0. The van der Waals surface area contributed by atoms with Crippen LogP contribution in [0.3, 0.4) is 0 Å². The van der Waals surface area contributed by atoms with Crippen LogP contribution in [0, 0.1) is 0 Å². The van der Waals surface area contributed by atoms with Crippen LogP contribution in [-0.4, -0.2) is 224 Å². The van der Waals surface area contributed by atoms with Crippen molar-refractivity contribution in [3.63, 3.8) is 0 Å². The van der Waals surface area contributed by atoms with E-state index >= 15 is 0 Å². The summed E-state index contributed by atoms with van der Waals surface area (Å²) in [5, 5.41) is 32.8. The molecule has 44 heteroatoms. The number of amides is 10. The third-order valence-corrected chi connectivity index (χ3v) is 14.8. The molecule has 568 valence electrons. The maximum atomic E-state index is 14.7. The first-order valence-corrected chi connectivity index (χ1v) is 33.2. The van der Waals surface area contributed by atoms with Gasteiger partial charge in [0.2, 0.25) is 59.1 Å². The van der Waals surface area contributed by atoms with E-state index in [-0.39, 0.29) is 190 Å². The van der Waals surface area contributed by atoms with E-state index in [0.717, 1.165) is 0 Å². The molecule has 0 rings (SSSR count). The molecule has 0 unspecified atom stereocenters. The minimum absolute atomic E-state index is 0.00231. The lowest BCUT2D eigenvalue weighted by Gasteiger charge is -2.28. The smallest absolute Gasteiger partial charge is 0.327 e. The van der Waals surface area contributed by atoms with Gasteiger partial charge >= 0.3 is 5.97 Å². The summed E-state index contributed by atoms with van der Waals surface area (Å²) in [6, 6.07) is -14.5. The van der Waals surface area contributed by atoms with Gasteiger partial charge in [-0.3, -0.25) is 77.9 Å². The highest BCUT2D eigenvalue weighted by atomic mass is 32.1. The van der Waals surface area contributed by atoms with Crippen molar-refractivity contribution < 1.29 is 57.8 Å². The molecule has 0 bridgehead atoms. The van der Waals surface area contributed by atoms with Gasteiger partial charge in [0.1, 0.15) is 54.4 Å². The number of nitrogens with one attached hydrogen (secondary N) is 9. The maximum absolute atomic E-state index is 14.7. The van der Waals surface area contributed by atoms with E-state index in [0.29, 0.717) is 19.3 Å². The number of guanidine groups is 6. The molecule has 0 saturated heterocycles. The summed E-state index contributed by atoms with van der Waals surface area (Å²) in [5.41, 5.74) is 89.4. The second-order valence-corrected chi connectivity index (χ2v) is 23.3. The first kappa shape index (κ1) is 90.0. The average Bonchev–Trinajstić information content (AvgIpc) is 0.864. The van der Waals surface area contributed by atoms with Crippen molar-refractivity contribution in [2.24, 2.45) is 122 Å². The number of nitrogens with two attached hydrogens (primary N) is 16. The van der Waals surface area contributed by atoms with Crippen LogP contribution in [0.1, 0.15) is 128 Å². The molecule has 0 heterocycles. The summed E-state index contributed by atoms with van der Waals surface area (Å²) >= 11 is 4.01. The third kappa shape index (κ3) is 42.6. The number of carboxylic acid groups (broad SMARTS) is 1. The van der Waals surface area contributed by atoms with Crippen molar-refractivity contribution in [3.05, 3.63) is 0 Å². The minimum Gasteiger partial charge on any atom is -0.480 e. The van der Waals surface area contributed by atoms with Crippen molar-refractivity contribution in [2.75, 3.05) is 58.1 Å². The van der Waals surface area contributed by atoms with Gasteiger partial charge in [-0.05, 0) is 135 Å². The lowest BCUT2D eigenvalue weighted by molar-refractivity contribution is -0.141. The second-order valence-electron chi connectivity index (χ2n) is 22.9. The van der Waals surface area contributed by atoms with E-state index in [1.165, 1.54) is 0 Å². The number of carbonyl (C=O) groups is 11. The zero-order valence-electron chi connectivity index (χ0n) is 56.6. The van der Waals surface area contributed by atoms with Crippen LogP contribution in [-0.2, 0) is 52.7 Å². The van der Waals surface area contributed by atoms with Gasteiger partial charge in [-0.1, -0.05) is 0 Å². The number of unbranched alkanes of at least 4 members (excludes halogenated alkanes) is 2.